The molecule has 0 bridgehead atoms. The standard InChI is InChI=1S/C29H37Cl2N7O5S.C27H35ClN8O3S.C3H7N.2CH4.ClH/c1-29(2,3)43-28(40)32-19-8-7-12-36(17-19)26-16-24(31)33-25-15-22(34-38(25)26)23-9-5-6-13-37(23)27(39)20-14-18(30)10-11-21(20)35-44(4,41)42;1-40(38,39)32-21-9-8-18(28)14-20(21)27(37)35-13-3-2-7-23(35)22-15-25-30-24(33-11-5-12-33)16-26(36(25)31-22)34-10-4-6-19(29)17-34;1-2-4-3-1;;;/h10-11,14-16,19,23,35H,5-9,12-13,17H2,1-4H3,(H,32,40);8-9,14-16,19,23,32H,2-7,10-13,17,29H2,1H3;4H,1-3H2;2*1H4;1H/t2*19?,23-;;;;/m00..../s1. The molecule has 4 atom stereocenters. The molecule has 0 aliphatic carbocycles. The van der Waals surface area contributed by atoms with Crippen molar-refractivity contribution in [1.82, 2.24) is 49.6 Å². The average Bonchev–Trinajstić information content (AvgIpc) is 1.67. The molecule has 6 saturated heterocycles. The largest absolute Gasteiger partial charge is 0.444 e. The van der Waals surface area contributed by atoms with E-state index in [1.165, 1.54) is 49.8 Å². The quantitative estimate of drug-likeness (QED) is 0.0712. The van der Waals surface area contributed by atoms with Crippen molar-refractivity contribution in [2.75, 3.05) is 102 Å². The van der Waals surface area contributed by atoms with Crippen molar-refractivity contribution in [3.8, 4) is 0 Å². The van der Waals surface area contributed by atoms with Gasteiger partial charge in [0.1, 0.15) is 28.2 Å². The Hall–Kier alpha value is -6.13. The molecule has 6 aliphatic heterocycles. The molecule has 2 unspecified atom stereocenters. The van der Waals surface area contributed by atoms with Gasteiger partial charge in [-0.15, -0.1) is 12.4 Å². The Labute approximate surface area is 556 Å². The second-order valence-electron chi connectivity index (χ2n) is 24.5. The number of piperidine rings is 4. The van der Waals surface area contributed by atoms with Gasteiger partial charge in [0.2, 0.25) is 20.0 Å². The van der Waals surface area contributed by atoms with Crippen LogP contribution in [0.4, 0.5) is 33.6 Å². The summed E-state index contributed by atoms with van der Waals surface area (Å²) in [7, 11) is -7.23. The molecule has 0 radical (unpaired) electrons. The summed E-state index contributed by atoms with van der Waals surface area (Å²) >= 11 is 19.0. The van der Waals surface area contributed by atoms with Gasteiger partial charge >= 0.3 is 6.09 Å². The third-order valence-electron chi connectivity index (χ3n) is 16.2. The van der Waals surface area contributed by atoms with Gasteiger partial charge in [0, 0.05) is 98.8 Å². The van der Waals surface area contributed by atoms with Gasteiger partial charge in [0.15, 0.2) is 11.3 Å². The van der Waals surface area contributed by atoms with E-state index < -0.39 is 31.7 Å². The van der Waals surface area contributed by atoms with Crippen molar-refractivity contribution in [3.63, 3.8) is 0 Å². The van der Waals surface area contributed by atoms with Crippen molar-refractivity contribution >= 4 is 125 Å². The van der Waals surface area contributed by atoms with Gasteiger partial charge in [0.05, 0.1) is 58.5 Å². The SMILES string of the molecule is C.C.C1CNC1.CC(C)(C)OC(=O)NC1CCCN(c2cc(Cl)nc3cc([C@@H]4CCCCN4C(=O)c4cc(Cl)ccc4NS(C)(=O)=O)nn23)C1.CS(=O)(=O)Nc1ccc(Cl)cc1C(=O)N1CCCC[C@H]1c1cc2nc(N3CCC3)cc(N3CCCC(N)C3)n2n1.Cl. The van der Waals surface area contributed by atoms with Gasteiger partial charge in [-0.2, -0.15) is 19.2 Å². The normalized spacial score (nSPS) is 20.2. The number of nitrogens with two attached hydrogens (primary N) is 1. The van der Waals surface area contributed by atoms with Gasteiger partial charge in [-0.25, -0.2) is 31.6 Å². The molecule has 6 fully saturated rings. The fraction of sp³-hybridized carbons (Fsp3) is 0.557. The highest BCUT2D eigenvalue weighted by Crippen LogP contribution is 2.38. The molecular formula is C61H88Cl4N16O8S2. The highest BCUT2D eigenvalue weighted by molar-refractivity contribution is 7.92. The number of carbonyl (C=O) groups is 3. The first kappa shape index (κ1) is 72.3. The molecule has 4 aromatic heterocycles. The number of halogens is 4. The second kappa shape index (κ2) is 30.7. The number of anilines is 5. The van der Waals surface area contributed by atoms with Crippen LogP contribution in [0.2, 0.25) is 15.2 Å². The van der Waals surface area contributed by atoms with E-state index in [1.807, 2.05) is 37.4 Å². The predicted octanol–water partition coefficient (Wildman–Crippen LogP) is 10.2. The van der Waals surface area contributed by atoms with Gasteiger partial charge in [0.25, 0.3) is 11.8 Å². The van der Waals surface area contributed by atoms with Crippen LogP contribution in [-0.2, 0) is 24.8 Å². The number of nitrogens with zero attached hydrogens (tertiary/aromatic N) is 11. The van der Waals surface area contributed by atoms with Crippen LogP contribution in [0.1, 0.15) is 157 Å². The van der Waals surface area contributed by atoms with Gasteiger partial charge in [-0.3, -0.25) is 19.0 Å². The number of benzene rings is 2. The second-order valence-corrected chi connectivity index (χ2v) is 29.2. The van der Waals surface area contributed by atoms with E-state index in [4.69, 9.17) is 60.5 Å². The molecule has 24 nitrogen and oxygen atoms in total. The maximum Gasteiger partial charge on any atom is 0.407 e. The smallest absolute Gasteiger partial charge is 0.407 e. The molecule has 500 valence electrons. The van der Waals surface area contributed by atoms with Crippen LogP contribution in [0.25, 0.3) is 11.3 Å². The van der Waals surface area contributed by atoms with Crippen LogP contribution in [0.3, 0.4) is 0 Å². The van der Waals surface area contributed by atoms with Crippen LogP contribution in [0, 0.1) is 0 Å². The monoisotopic (exact) mass is 1380 g/mol. The van der Waals surface area contributed by atoms with E-state index in [-0.39, 0.29) is 85.7 Å². The lowest BCUT2D eigenvalue weighted by atomic mass is 9.98. The number of hydrogen-bond acceptors (Lipinski definition) is 17. The van der Waals surface area contributed by atoms with Gasteiger partial charge < -0.3 is 45.6 Å². The topological polar surface area (TPSA) is 279 Å². The average molecular weight is 1380 g/mol. The number of alkyl carbamates (subject to hydrolysis) is 1. The Morgan fingerprint density at radius 1 is 0.604 bits per heavy atom. The van der Waals surface area contributed by atoms with E-state index in [1.54, 1.807) is 26.4 Å². The zero-order valence-electron chi connectivity index (χ0n) is 50.8. The van der Waals surface area contributed by atoms with Crippen LogP contribution in [0.5, 0.6) is 0 Å². The molecule has 6 aromatic rings. The molecule has 12 rings (SSSR count). The van der Waals surface area contributed by atoms with E-state index in [0.717, 1.165) is 138 Å². The van der Waals surface area contributed by atoms with Crippen molar-refractivity contribution in [1.29, 1.82) is 0 Å². The van der Waals surface area contributed by atoms with Crippen LogP contribution >= 0.6 is 47.2 Å². The van der Waals surface area contributed by atoms with Crippen molar-refractivity contribution in [2.24, 2.45) is 5.73 Å². The summed E-state index contributed by atoms with van der Waals surface area (Å²) in [6.45, 7) is 13.9. The zero-order valence-corrected chi connectivity index (χ0v) is 55.5. The first-order valence-electron chi connectivity index (χ1n) is 30.2. The maximum atomic E-state index is 14.0. The van der Waals surface area contributed by atoms with Crippen LogP contribution in [0.15, 0.2) is 60.7 Å². The Balaban J connectivity index is 0.000000236. The third-order valence-corrected chi connectivity index (χ3v) is 18.0. The molecular weight excluding hydrogens is 1290 g/mol. The van der Waals surface area contributed by atoms with Gasteiger partial charge in [-0.1, -0.05) is 49.7 Å². The molecule has 91 heavy (non-hydrogen) atoms. The van der Waals surface area contributed by atoms with E-state index in [2.05, 4.69) is 45.8 Å². The summed E-state index contributed by atoms with van der Waals surface area (Å²) in [5.41, 5.74) is 9.19. The number of carbonyl (C=O) groups excluding carboxylic acids is 3. The molecule has 2 aromatic carbocycles. The predicted molar refractivity (Wildman–Crippen MR) is 365 cm³/mol. The third kappa shape index (κ3) is 18.4. The van der Waals surface area contributed by atoms with Crippen LogP contribution < -0.4 is 40.5 Å². The first-order chi connectivity index (χ1) is 41.8. The number of sulfonamides is 2. The summed E-state index contributed by atoms with van der Waals surface area (Å²) in [5.74, 6) is 2.00. The Bertz CT molecular complexity index is 3770. The number of hydrogen-bond donors (Lipinski definition) is 5. The lowest BCUT2D eigenvalue weighted by Gasteiger charge is -2.35. The zero-order chi connectivity index (χ0) is 62.7. The summed E-state index contributed by atoms with van der Waals surface area (Å²) in [6.07, 6.45) is 12.7. The summed E-state index contributed by atoms with van der Waals surface area (Å²) in [5, 5.41) is 17.0. The number of amides is 3. The van der Waals surface area contributed by atoms with E-state index in [9.17, 15) is 31.2 Å². The fourth-order valence-corrected chi connectivity index (χ4v) is 13.5. The highest BCUT2D eigenvalue weighted by Gasteiger charge is 2.36. The minimum atomic E-state index is -3.63. The lowest BCUT2D eigenvalue weighted by molar-refractivity contribution is 0.0498. The number of fused-ring (bicyclic) bond motifs is 2. The number of ether oxygens (including phenoxy) is 1. The molecule has 10 heterocycles. The van der Waals surface area contributed by atoms with Crippen molar-refractivity contribution in [2.45, 2.75) is 142 Å². The van der Waals surface area contributed by atoms with Crippen molar-refractivity contribution < 1.29 is 36.0 Å². The Morgan fingerprint density at radius 3 is 1.54 bits per heavy atom. The summed E-state index contributed by atoms with van der Waals surface area (Å²) < 4.78 is 62.0. The highest BCUT2D eigenvalue weighted by atomic mass is 35.5. The number of aromatic nitrogens is 6. The van der Waals surface area contributed by atoms with Crippen LogP contribution in [-0.4, -0.2) is 169 Å². The minimum Gasteiger partial charge on any atom is -0.444 e. The molecule has 6 aliphatic rings. The summed E-state index contributed by atoms with van der Waals surface area (Å²) in [4.78, 5) is 60.0. The minimum absolute atomic E-state index is 0. The number of nitrogens with one attached hydrogen (secondary N) is 4. The van der Waals surface area contributed by atoms with E-state index in [0.29, 0.717) is 52.6 Å². The fourth-order valence-electron chi connectivity index (χ4n) is 11.8. The van der Waals surface area contributed by atoms with Crippen molar-refractivity contribution in [3.05, 3.63) is 98.4 Å². The Kier molecular flexibility index (Phi) is 24.4. The Morgan fingerprint density at radius 2 is 1.08 bits per heavy atom. The number of likely N-dealkylation sites (tertiary alicyclic amines) is 2. The molecule has 0 saturated carbocycles. The lowest BCUT2D eigenvalue weighted by Crippen LogP contribution is -2.49. The summed E-state index contributed by atoms with van der Waals surface area (Å²) in [6, 6.07) is 16.1. The maximum absolute atomic E-state index is 14.0. The molecule has 0 spiro atoms. The van der Waals surface area contributed by atoms with E-state index >= 15 is 0 Å². The number of rotatable bonds is 12. The molecule has 6 N–H and O–H groups in total. The van der Waals surface area contributed by atoms with Gasteiger partial charge in [-0.05, 0) is 147 Å². The molecule has 3 amide bonds. The first-order valence-corrected chi connectivity index (χ1v) is 35.1. The molecule has 30 heteroatoms.